The molecule has 1 amide bonds. The first-order valence-corrected chi connectivity index (χ1v) is 6.05. The monoisotopic (exact) mass is 219 g/mol. The summed E-state index contributed by atoms with van der Waals surface area (Å²) in [6.07, 6.45) is 4.99. The zero-order valence-corrected chi connectivity index (χ0v) is 10.3. The Morgan fingerprint density at radius 2 is 1.81 bits per heavy atom. The molecule has 1 N–H and O–H groups in total. The molecule has 2 nitrogen and oxygen atoms in total. The third-order valence-electron chi connectivity index (χ3n) is 2.82. The fourth-order valence-corrected chi connectivity index (χ4v) is 1.79. The SMILES string of the molecule is CCCCc1ccccc1CCC(=O)NC. The molecule has 88 valence electrons. The largest absolute Gasteiger partial charge is 0.359 e. The minimum Gasteiger partial charge on any atom is -0.359 e. The van der Waals surface area contributed by atoms with Gasteiger partial charge in [0.15, 0.2) is 0 Å². The molecule has 1 rings (SSSR count). The molecular formula is C14H21NO. The summed E-state index contributed by atoms with van der Waals surface area (Å²) in [5.41, 5.74) is 2.72. The Labute approximate surface area is 98.1 Å². The highest BCUT2D eigenvalue weighted by Crippen LogP contribution is 2.13. The average Bonchev–Trinajstić information content (AvgIpc) is 2.34. The average molecular weight is 219 g/mol. The van der Waals surface area contributed by atoms with Gasteiger partial charge in [0.05, 0.1) is 0 Å². The van der Waals surface area contributed by atoms with E-state index in [1.54, 1.807) is 7.05 Å². The van der Waals surface area contributed by atoms with E-state index in [0.717, 1.165) is 12.8 Å². The molecule has 0 unspecified atom stereocenters. The zero-order chi connectivity index (χ0) is 11.8. The Bertz CT molecular complexity index is 333. The first-order chi connectivity index (χ1) is 7.77. The second kappa shape index (κ2) is 7.04. The maximum Gasteiger partial charge on any atom is 0.220 e. The van der Waals surface area contributed by atoms with Crippen LogP contribution in [0.15, 0.2) is 24.3 Å². The smallest absolute Gasteiger partial charge is 0.220 e. The van der Waals surface area contributed by atoms with Crippen molar-refractivity contribution < 1.29 is 4.79 Å². The summed E-state index contributed by atoms with van der Waals surface area (Å²) in [5, 5.41) is 2.66. The van der Waals surface area contributed by atoms with Crippen molar-refractivity contribution in [2.75, 3.05) is 7.05 Å². The first kappa shape index (κ1) is 12.8. The summed E-state index contributed by atoms with van der Waals surface area (Å²) in [4.78, 5) is 11.2. The maximum absolute atomic E-state index is 11.2. The molecule has 0 aromatic heterocycles. The zero-order valence-electron chi connectivity index (χ0n) is 10.3. The van der Waals surface area contributed by atoms with E-state index in [1.165, 1.54) is 24.0 Å². The second-order valence-electron chi connectivity index (χ2n) is 4.05. The van der Waals surface area contributed by atoms with Crippen LogP contribution < -0.4 is 5.32 Å². The van der Waals surface area contributed by atoms with E-state index in [9.17, 15) is 4.79 Å². The van der Waals surface area contributed by atoms with E-state index in [-0.39, 0.29) is 5.91 Å². The number of rotatable bonds is 6. The van der Waals surface area contributed by atoms with Gasteiger partial charge in [0.1, 0.15) is 0 Å². The quantitative estimate of drug-likeness (QED) is 0.783. The van der Waals surface area contributed by atoms with Gasteiger partial charge in [-0.15, -0.1) is 0 Å². The van der Waals surface area contributed by atoms with Crippen LogP contribution in [0, 0.1) is 0 Å². The van der Waals surface area contributed by atoms with Gasteiger partial charge in [-0.1, -0.05) is 37.6 Å². The van der Waals surface area contributed by atoms with Crippen LogP contribution in [0.1, 0.15) is 37.3 Å². The van der Waals surface area contributed by atoms with Gasteiger partial charge in [-0.2, -0.15) is 0 Å². The van der Waals surface area contributed by atoms with Crippen molar-refractivity contribution in [3.05, 3.63) is 35.4 Å². The summed E-state index contributed by atoms with van der Waals surface area (Å²) < 4.78 is 0. The van der Waals surface area contributed by atoms with Crippen molar-refractivity contribution in [2.45, 2.75) is 39.0 Å². The van der Waals surface area contributed by atoms with Crippen LogP contribution in [-0.2, 0) is 17.6 Å². The first-order valence-electron chi connectivity index (χ1n) is 6.05. The van der Waals surface area contributed by atoms with E-state index in [1.807, 2.05) is 0 Å². The molecule has 0 saturated heterocycles. The van der Waals surface area contributed by atoms with E-state index in [4.69, 9.17) is 0 Å². The van der Waals surface area contributed by atoms with Crippen LogP contribution in [0.25, 0.3) is 0 Å². The lowest BCUT2D eigenvalue weighted by Gasteiger charge is -2.08. The number of amides is 1. The number of carbonyl (C=O) groups excluding carboxylic acids is 1. The van der Waals surface area contributed by atoms with Crippen molar-refractivity contribution in [1.29, 1.82) is 0 Å². The molecule has 0 aliphatic heterocycles. The molecule has 0 saturated carbocycles. The maximum atomic E-state index is 11.2. The van der Waals surface area contributed by atoms with E-state index >= 15 is 0 Å². The summed E-state index contributed by atoms with van der Waals surface area (Å²) in [5.74, 6) is 0.116. The third-order valence-corrected chi connectivity index (χ3v) is 2.82. The summed E-state index contributed by atoms with van der Waals surface area (Å²) >= 11 is 0. The number of hydrogen-bond acceptors (Lipinski definition) is 1. The molecule has 0 spiro atoms. The van der Waals surface area contributed by atoms with Crippen LogP contribution in [-0.4, -0.2) is 13.0 Å². The highest BCUT2D eigenvalue weighted by molar-refractivity contribution is 5.75. The van der Waals surface area contributed by atoms with Gasteiger partial charge in [-0.3, -0.25) is 4.79 Å². The van der Waals surface area contributed by atoms with Crippen LogP contribution in [0.3, 0.4) is 0 Å². The predicted molar refractivity (Wildman–Crippen MR) is 67.4 cm³/mol. The second-order valence-corrected chi connectivity index (χ2v) is 4.05. The molecule has 16 heavy (non-hydrogen) atoms. The van der Waals surface area contributed by atoms with Gasteiger partial charge in [0, 0.05) is 13.5 Å². The predicted octanol–water partition coefficient (Wildman–Crippen LogP) is 2.71. The Morgan fingerprint density at radius 1 is 1.19 bits per heavy atom. The highest BCUT2D eigenvalue weighted by atomic mass is 16.1. The van der Waals surface area contributed by atoms with Crippen molar-refractivity contribution in [3.8, 4) is 0 Å². The van der Waals surface area contributed by atoms with Gasteiger partial charge in [0.2, 0.25) is 5.91 Å². The molecule has 1 aromatic rings. The fourth-order valence-electron chi connectivity index (χ4n) is 1.79. The number of benzene rings is 1. The normalized spacial score (nSPS) is 10.1. The lowest BCUT2D eigenvalue weighted by atomic mass is 9.98. The summed E-state index contributed by atoms with van der Waals surface area (Å²) in [6, 6.07) is 8.44. The van der Waals surface area contributed by atoms with Crippen molar-refractivity contribution >= 4 is 5.91 Å². The fraction of sp³-hybridized carbons (Fsp3) is 0.500. The molecule has 0 aliphatic rings. The van der Waals surface area contributed by atoms with Crippen LogP contribution >= 0.6 is 0 Å². The summed E-state index contributed by atoms with van der Waals surface area (Å²) in [7, 11) is 1.69. The van der Waals surface area contributed by atoms with Crippen molar-refractivity contribution in [2.24, 2.45) is 0 Å². The lowest BCUT2D eigenvalue weighted by molar-refractivity contribution is -0.120. The number of hydrogen-bond donors (Lipinski definition) is 1. The standard InChI is InChI=1S/C14H21NO/c1-3-4-7-12-8-5-6-9-13(12)10-11-14(16)15-2/h5-6,8-9H,3-4,7,10-11H2,1-2H3,(H,15,16). The lowest BCUT2D eigenvalue weighted by Crippen LogP contribution is -2.18. The van der Waals surface area contributed by atoms with Gasteiger partial charge in [-0.05, 0) is 30.4 Å². The van der Waals surface area contributed by atoms with Crippen LogP contribution in [0.4, 0.5) is 0 Å². The summed E-state index contributed by atoms with van der Waals surface area (Å²) in [6.45, 7) is 2.20. The number of nitrogens with one attached hydrogen (secondary N) is 1. The molecule has 0 heterocycles. The number of aryl methyl sites for hydroxylation is 2. The number of unbranched alkanes of at least 4 members (excludes halogenated alkanes) is 1. The highest BCUT2D eigenvalue weighted by Gasteiger charge is 2.04. The Kier molecular flexibility index (Phi) is 5.62. The van der Waals surface area contributed by atoms with E-state index < -0.39 is 0 Å². The molecule has 0 bridgehead atoms. The third kappa shape index (κ3) is 4.05. The van der Waals surface area contributed by atoms with Crippen molar-refractivity contribution in [3.63, 3.8) is 0 Å². The molecule has 1 aromatic carbocycles. The Balaban J connectivity index is 2.59. The molecule has 0 atom stereocenters. The topological polar surface area (TPSA) is 29.1 Å². The molecule has 0 aliphatic carbocycles. The molecule has 2 heteroatoms. The van der Waals surface area contributed by atoms with Crippen molar-refractivity contribution in [1.82, 2.24) is 5.32 Å². The molecule has 0 fully saturated rings. The van der Waals surface area contributed by atoms with Gasteiger partial charge < -0.3 is 5.32 Å². The Hall–Kier alpha value is -1.31. The van der Waals surface area contributed by atoms with E-state index in [0.29, 0.717) is 6.42 Å². The minimum atomic E-state index is 0.116. The van der Waals surface area contributed by atoms with Gasteiger partial charge >= 0.3 is 0 Å². The van der Waals surface area contributed by atoms with Gasteiger partial charge in [-0.25, -0.2) is 0 Å². The molecule has 0 radical (unpaired) electrons. The minimum absolute atomic E-state index is 0.116. The van der Waals surface area contributed by atoms with Crippen LogP contribution in [0.2, 0.25) is 0 Å². The molecular weight excluding hydrogens is 198 g/mol. The Morgan fingerprint density at radius 3 is 2.38 bits per heavy atom. The van der Waals surface area contributed by atoms with E-state index in [2.05, 4.69) is 36.5 Å². The number of carbonyl (C=O) groups is 1. The van der Waals surface area contributed by atoms with Crippen LogP contribution in [0.5, 0.6) is 0 Å². The van der Waals surface area contributed by atoms with Gasteiger partial charge in [0.25, 0.3) is 0 Å².